The summed E-state index contributed by atoms with van der Waals surface area (Å²) in [6.07, 6.45) is 1.02. The normalized spacial score (nSPS) is 20.2. The minimum absolute atomic E-state index is 0.0533. The van der Waals surface area contributed by atoms with E-state index in [9.17, 15) is 14.7 Å². The molecule has 10 nitrogen and oxygen atoms in total. The van der Waals surface area contributed by atoms with Gasteiger partial charge in [0, 0.05) is 48.7 Å². The predicted molar refractivity (Wildman–Crippen MR) is 153 cm³/mol. The van der Waals surface area contributed by atoms with Crippen LogP contribution in [0.15, 0.2) is 40.9 Å². The number of aromatic nitrogens is 3. The fourth-order valence-corrected chi connectivity index (χ4v) is 6.32. The van der Waals surface area contributed by atoms with E-state index in [0.717, 1.165) is 30.8 Å². The van der Waals surface area contributed by atoms with Crippen LogP contribution >= 0.6 is 22.9 Å². The number of hydrogen-bond donors (Lipinski definition) is 3. The number of likely N-dealkylation sites (tertiary alicyclic amines) is 1. The Kier molecular flexibility index (Phi) is 7.49. The molecule has 6 rings (SSSR count). The first-order chi connectivity index (χ1) is 19.3. The number of nitrogens with zero attached hydrogens (tertiary/aromatic N) is 4. The summed E-state index contributed by atoms with van der Waals surface area (Å²) >= 11 is 7.47. The second-order valence-electron chi connectivity index (χ2n) is 10.7. The van der Waals surface area contributed by atoms with Crippen LogP contribution in [0.1, 0.15) is 53.2 Å². The summed E-state index contributed by atoms with van der Waals surface area (Å²) in [6, 6.07) is 10.6. The maximum atomic E-state index is 13.6. The third-order valence-corrected chi connectivity index (χ3v) is 8.99. The zero-order valence-corrected chi connectivity index (χ0v) is 23.8. The maximum absolute atomic E-state index is 13.6. The topological polar surface area (TPSA) is 126 Å². The lowest BCUT2D eigenvalue weighted by Crippen LogP contribution is -2.61. The summed E-state index contributed by atoms with van der Waals surface area (Å²) in [7, 11) is 0. The van der Waals surface area contributed by atoms with Gasteiger partial charge < -0.3 is 25.2 Å². The summed E-state index contributed by atoms with van der Waals surface area (Å²) in [5.74, 6) is 0.122. The van der Waals surface area contributed by atoms with Gasteiger partial charge in [-0.3, -0.25) is 14.3 Å². The number of halogens is 1. The molecule has 2 aliphatic rings. The fourth-order valence-electron chi connectivity index (χ4n) is 5.33. The first-order valence-electron chi connectivity index (χ1n) is 13.5. The molecule has 0 radical (unpaired) electrons. The molecule has 1 amide bonds. The van der Waals surface area contributed by atoms with Crippen molar-refractivity contribution in [2.24, 2.45) is 0 Å². The second kappa shape index (κ2) is 11.1. The second-order valence-corrected chi connectivity index (χ2v) is 12.4. The molecule has 2 atom stereocenters. The van der Waals surface area contributed by atoms with E-state index in [-0.39, 0.29) is 30.0 Å². The molecule has 1 aromatic carbocycles. The van der Waals surface area contributed by atoms with Gasteiger partial charge in [0.1, 0.15) is 5.69 Å². The van der Waals surface area contributed by atoms with Crippen molar-refractivity contribution in [2.45, 2.75) is 57.5 Å². The highest BCUT2D eigenvalue weighted by Crippen LogP contribution is 2.32. The molecule has 0 aliphatic carbocycles. The van der Waals surface area contributed by atoms with Crippen molar-refractivity contribution >= 4 is 45.5 Å². The molecule has 210 valence electrons. The molecule has 0 spiro atoms. The van der Waals surface area contributed by atoms with E-state index in [0.29, 0.717) is 44.8 Å². The summed E-state index contributed by atoms with van der Waals surface area (Å²) in [5.41, 5.74) is 2.01. The van der Waals surface area contributed by atoms with Crippen LogP contribution in [0.2, 0.25) is 4.34 Å². The highest BCUT2D eigenvalue weighted by molar-refractivity contribution is 7.19. The highest BCUT2D eigenvalue weighted by atomic mass is 35.5. The number of thiophene rings is 1. The van der Waals surface area contributed by atoms with Gasteiger partial charge >= 0.3 is 0 Å². The fraction of sp³-hybridized carbons (Fsp3) is 0.429. The van der Waals surface area contributed by atoms with Crippen LogP contribution in [0.25, 0.3) is 21.5 Å². The Labute approximate surface area is 240 Å². The number of nitrogens with one attached hydrogen (secondary N) is 2. The van der Waals surface area contributed by atoms with E-state index in [1.54, 1.807) is 28.9 Å². The number of hydrogen-bond acceptors (Lipinski definition) is 9. The molecule has 12 heteroatoms. The average Bonchev–Trinajstić information content (AvgIpc) is 3.67. The van der Waals surface area contributed by atoms with Gasteiger partial charge in [0.05, 0.1) is 33.4 Å². The Morgan fingerprint density at radius 3 is 2.67 bits per heavy atom. The number of ketones is 1. The number of piperidine rings is 1. The molecule has 4 aromatic rings. The number of amides is 1. The predicted octanol–water partition coefficient (Wildman–Crippen LogP) is 3.57. The molecule has 2 saturated heterocycles. The molecule has 0 saturated carbocycles. The van der Waals surface area contributed by atoms with Crippen molar-refractivity contribution in [1.29, 1.82) is 0 Å². The Morgan fingerprint density at radius 1 is 1.23 bits per heavy atom. The van der Waals surface area contributed by atoms with Crippen molar-refractivity contribution in [3.05, 3.63) is 57.7 Å². The van der Waals surface area contributed by atoms with Crippen LogP contribution in [0, 0.1) is 0 Å². The van der Waals surface area contributed by atoms with Crippen LogP contribution in [0.5, 0.6) is 0 Å². The number of carbonyl (C=O) groups excluding carboxylic acids is 2. The van der Waals surface area contributed by atoms with Gasteiger partial charge in [-0.05, 0) is 57.0 Å². The molecule has 40 heavy (non-hydrogen) atoms. The molecular formula is C28H31ClN6O4S. The Balaban J connectivity index is 1.29. The smallest absolute Gasteiger partial charge is 0.272 e. The average molecular weight is 583 g/mol. The maximum Gasteiger partial charge on any atom is 0.272 e. The van der Waals surface area contributed by atoms with Crippen molar-refractivity contribution in [2.75, 3.05) is 19.6 Å². The molecule has 3 N–H and O–H groups in total. The number of β-amino-alcohol motifs (C(OH)–C–C–N with tert-alkyl or cyclic N) is 1. The van der Waals surface area contributed by atoms with Crippen molar-refractivity contribution in [3.8, 4) is 10.6 Å². The minimum Gasteiger partial charge on any atom is -0.390 e. The van der Waals surface area contributed by atoms with Crippen LogP contribution in [-0.2, 0) is 6.54 Å². The molecule has 2 fully saturated rings. The summed E-state index contributed by atoms with van der Waals surface area (Å²) in [5, 5.41) is 25.6. The lowest BCUT2D eigenvalue weighted by Gasteiger charge is -2.34. The van der Waals surface area contributed by atoms with E-state index in [1.807, 2.05) is 12.1 Å². The zero-order valence-electron chi connectivity index (χ0n) is 22.3. The number of Topliss-reactive ketones (excluding diaryl/α,β-unsaturated/α-hetero) is 1. The highest BCUT2D eigenvalue weighted by Gasteiger charge is 2.35. The number of benzene rings is 1. The van der Waals surface area contributed by atoms with E-state index >= 15 is 0 Å². The van der Waals surface area contributed by atoms with Gasteiger partial charge in [0.2, 0.25) is 0 Å². The van der Waals surface area contributed by atoms with E-state index in [1.165, 1.54) is 11.3 Å². The Bertz CT molecular complexity index is 1550. The third kappa shape index (κ3) is 5.31. The molecule has 2 unspecified atom stereocenters. The molecule has 2 aliphatic heterocycles. The number of carbonyl (C=O) groups is 2. The van der Waals surface area contributed by atoms with Crippen molar-refractivity contribution < 1.29 is 19.2 Å². The molecule has 5 heterocycles. The summed E-state index contributed by atoms with van der Waals surface area (Å²) in [4.78, 5) is 29.8. The standard InChI is InChI=1S/C28H31ClN6O4S/c1-15(2)34-9-7-17(8-10-34)31-28(38)25-19-11-16(27(37)26-21(36)13-30-26)3-4-20(19)35(32-25)14-18-12-22(39-33-18)23-5-6-24(29)40-23/h3-6,11-12,15,17,21,26,30,36H,7-10,13-14H2,1-2H3,(H,31,38). The van der Waals surface area contributed by atoms with Crippen molar-refractivity contribution in [3.63, 3.8) is 0 Å². The van der Waals surface area contributed by atoms with Crippen LogP contribution in [0.3, 0.4) is 0 Å². The summed E-state index contributed by atoms with van der Waals surface area (Å²) in [6.45, 7) is 6.88. The zero-order chi connectivity index (χ0) is 28.0. The number of rotatable bonds is 8. The van der Waals surface area contributed by atoms with Gasteiger partial charge in [-0.1, -0.05) is 16.8 Å². The van der Waals surface area contributed by atoms with Gasteiger partial charge in [-0.25, -0.2) is 0 Å². The van der Waals surface area contributed by atoms with Crippen LogP contribution < -0.4 is 10.6 Å². The van der Waals surface area contributed by atoms with Crippen molar-refractivity contribution in [1.82, 2.24) is 30.5 Å². The largest absolute Gasteiger partial charge is 0.390 e. The van der Waals surface area contributed by atoms with Gasteiger partial charge in [0.25, 0.3) is 5.91 Å². The Morgan fingerprint density at radius 2 is 2.02 bits per heavy atom. The lowest BCUT2D eigenvalue weighted by molar-refractivity contribution is 0.0484. The van der Waals surface area contributed by atoms with Gasteiger partial charge in [-0.2, -0.15) is 5.10 Å². The minimum atomic E-state index is -0.718. The third-order valence-electron chi connectivity index (χ3n) is 7.75. The monoisotopic (exact) mass is 582 g/mol. The van der Waals surface area contributed by atoms with Gasteiger partial charge in [0.15, 0.2) is 17.2 Å². The van der Waals surface area contributed by atoms with Gasteiger partial charge in [-0.15, -0.1) is 11.3 Å². The number of fused-ring (bicyclic) bond motifs is 1. The Hall–Kier alpha value is -3.09. The number of aliphatic hydroxyl groups is 1. The lowest BCUT2D eigenvalue weighted by atomic mass is 9.93. The summed E-state index contributed by atoms with van der Waals surface area (Å²) < 4.78 is 7.90. The molecule has 3 aromatic heterocycles. The SMILES string of the molecule is CC(C)N1CCC(NC(=O)c2nn(Cc3cc(-c4ccc(Cl)s4)on3)c3ccc(C(=O)C4NCC4O)cc23)CC1. The van der Waals surface area contributed by atoms with Crippen LogP contribution in [0.4, 0.5) is 0 Å². The van der Waals surface area contributed by atoms with E-state index < -0.39 is 12.1 Å². The molecular weight excluding hydrogens is 552 g/mol. The number of aliphatic hydroxyl groups excluding tert-OH is 1. The van der Waals surface area contributed by atoms with E-state index in [4.69, 9.17) is 21.2 Å². The van der Waals surface area contributed by atoms with E-state index in [2.05, 4.69) is 34.5 Å². The van der Waals surface area contributed by atoms with Crippen LogP contribution in [-0.4, -0.2) is 80.5 Å². The quantitative estimate of drug-likeness (QED) is 0.269. The first-order valence-corrected chi connectivity index (χ1v) is 14.7. The molecule has 0 bridgehead atoms. The first kappa shape index (κ1) is 27.1.